The molecule has 0 N–H and O–H groups in total. The summed E-state index contributed by atoms with van der Waals surface area (Å²) in [5.74, 6) is 0. The van der Waals surface area contributed by atoms with Crippen LogP contribution in [0.2, 0.25) is 0 Å². The van der Waals surface area contributed by atoms with Gasteiger partial charge in [-0.25, -0.2) is 4.57 Å². The normalized spacial score (nSPS) is 11.1. The summed E-state index contributed by atoms with van der Waals surface area (Å²) in [6.07, 6.45) is 22.2. The molecule has 0 saturated heterocycles. The highest BCUT2D eigenvalue weighted by Gasteiger charge is 2.08. The van der Waals surface area contributed by atoms with Crippen LogP contribution in [0.15, 0.2) is 18.5 Å². The smallest absolute Gasteiger partial charge is 0.171 e. The minimum absolute atomic E-state index is 1.19. The summed E-state index contributed by atoms with van der Waals surface area (Å²) in [6, 6.07) is 2.48. The highest BCUT2D eigenvalue weighted by atomic mass is 14.9. The van der Waals surface area contributed by atoms with Crippen molar-refractivity contribution in [2.24, 2.45) is 0 Å². The molecule has 0 amide bonds. The van der Waals surface area contributed by atoms with Crippen molar-refractivity contribution >= 4 is 0 Å². The second kappa shape index (κ2) is 13.6. The largest absolute Gasteiger partial charge is 0.205 e. The predicted octanol–water partition coefficient (Wildman–Crippen LogP) is 6.41. The molecule has 1 rings (SSSR count). The van der Waals surface area contributed by atoms with Crippen molar-refractivity contribution < 1.29 is 4.57 Å². The van der Waals surface area contributed by atoms with Gasteiger partial charge in [0.2, 0.25) is 0 Å². The lowest BCUT2D eigenvalue weighted by Gasteiger charge is -2.06. The summed E-state index contributed by atoms with van der Waals surface area (Å²) < 4.78 is 2.47. The average Bonchev–Trinajstić information content (AvgIpc) is 2.56. The Balaban J connectivity index is 2.59. The Morgan fingerprint density at radius 1 is 0.609 bits per heavy atom. The maximum absolute atomic E-state index is 2.48. The number of nitrogens with zero attached hydrogens (tertiary/aromatic N) is 1. The Labute approximate surface area is 145 Å². The van der Waals surface area contributed by atoms with E-state index in [0.29, 0.717) is 0 Å². The molecule has 0 spiro atoms. The van der Waals surface area contributed by atoms with Gasteiger partial charge in [-0.15, -0.1) is 0 Å². The third kappa shape index (κ3) is 9.79. The zero-order valence-electron chi connectivity index (χ0n) is 16.1. The molecule has 23 heavy (non-hydrogen) atoms. The monoisotopic (exact) mass is 318 g/mol. The highest BCUT2D eigenvalue weighted by Crippen LogP contribution is 2.12. The Kier molecular flexibility index (Phi) is 11.9. The first-order chi connectivity index (χ1) is 11.3. The highest BCUT2D eigenvalue weighted by molar-refractivity contribution is 5.15. The molecule has 0 fully saturated rings. The van der Waals surface area contributed by atoms with E-state index >= 15 is 0 Å². The average molecular weight is 319 g/mol. The minimum atomic E-state index is 1.19. The summed E-state index contributed by atoms with van der Waals surface area (Å²) in [5, 5.41) is 0. The summed E-state index contributed by atoms with van der Waals surface area (Å²) in [5.41, 5.74) is 3.12. The Bertz CT molecular complexity index is 367. The van der Waals surface area contributed by atoms with Crippen molar-refractivity contribution in [3.63, 3.8) is 0 Å². The second-order valence-corrected chi connectivity index (χ2v) is 7.12. The fraction of sp³-hybridized carbons (Fsp3) is 0.773. The molecule has 0 aromatic carbocycles. The SMILES string of the molecule is CCCCCCc1cc(CCCCCC)c[n+](CCCCC)c1. The molecule has 0 saturated carbocycles. The molecule has 1 heterocycles. The van der Waals surface area contributed by atoms with E-state index < -0.39 is 0 Å². The van der Waals surface area contributed by atoms with Gasteiger partial charge in [0.05, 0.1) is 0 Å². The quantitative estimate of drug-likeness (QED) is 0.275. The molecular weight excluding hydrogens is 278 g/mol. The minimum Gasteiger partial charge on any atom is -0.205 e. The molecule has 0 bridgehead atoms. The lowest BCUT2D eigenvalue weighted by atomic mass is 10.0. The third-order valence-electron chi connectivity index (χ3n) is 4.69. The number of unbranched alkanes of at least 4 members (excludes halogenated alkanes) is 8. The molecule has 0 aliphatic carbocycles. The zero-order valence-corrected chi connectivity index (χ0v) is 16.1. The number of hydrogen-bond acceptors (Lipinski definition) is 0. The molecule has 0 aliphatic heterocycles. The molecular formula is C22H40N+. The van der Waals surface area contributed by atoms with Crippen LogP contribution in [0.25, 0.3) is 0 Å². The summed E-state index contributed by atoms with van der Waals surface area (Å²) in [7, 11) is 0. The van der Waals surface area contributed by atoms with E-state index in [1.54, 1.807) is 11.1 Å². The number of hydrogen-bond donors (Lipinski definition) is 0. The van der Waals surface area contributed by atoms with Crippen LogP contribution >= 0.6 is 0 Å². The topological polar surface area (TPSA) is 3.88 Å². The number of pyridine rings is 1. The van der Waals surface area contributed by atoms with Crippen LogP contribution < -0.4 is 4.57 Å². The van der Waals surface area contributed by atoms with Crippen molar-refractivity contribution in [1.29, 1.82) is 0 Å². The van der Waals surface area contributed by atoms with Gasteiger partial charge in [-0.05, 0) is 38.2 Å². The van der Waals surface area contributed by atoms with Crippen LogP contribution in [-0.4, -0.2) is 0 Å². The molecule has 1 heteroatoms. The number of aryl methyl sites for hydroxylation is 3. The van der Waals surface area contributed by atoms with Crippen molar-refractivity contribution in [3.05, 3.63) is 29.6 Å². The second-order valence-electron chi connectivity index (χ2n) is 7.12. The number of rotatable bonds is 14. The van der Waals surface area contributed by atoms with Gasteiger partial charge in [0.15, 0.2) is 12.4 Å². The number of aromatic nitrogens is 1. The van der Waals surface area contributed by atoms with E-state index in [-0.39, 0.29) is 0 Å². The van der Waals surface area contributed by atoms with E-state index in [4.69, 9.17) is 0 Å². The third-order valence-corrected chi connectivity index (χ3v) is 4.69. The van der Waals surface area contributed by atoms with Crippen molar-refractivity contribution in [1.82, 2.24) is 0 Å². The van der Waals surface area contributed by atoms with Crippen LogP contribution in [0.5, 0.6) is 0 Å². The van der Waals surface area contributed by atoms with E-state index in [2.05, 4.69) is 43.8 Å². The van der Waals surface area contributed by atoms with E-state index in [0.717, 1.165) is 0 Å². The van der Waals surface area contributed by atoms with E-state index in [9.17, 15) is 0 Å². The molecule has 0 atom stereocenters. The van der Waals surface area contributed by atoms with Gasteiger partial charge < -0.3 is 0 Å². The van der Waals surface area contributed by atoms with Gasteiger partial charge in [0, 0.05) is 17.5 Å². The first-order valence-corrected chi connectivity index (χ1v) is 10.3. The predicted molar refractivity (Wildman–Crippen MR) is 102 cm³/mol. The fourth-order valence-corrected chi connectivity index (χ4v) is 3.23. The molecule has 1 aromatic heterocycles. The lowest BCUT2D eigenvalue weighted by molar-refractivity contribution is -0.698. The van der Waals surface area contributed by atoms with Gasteiger partial charge in [-0.3, -0.25) is 0 Å². The van der Waals surface area contributed by atoms with Gasteiger partial charge >= 0.3 is 0 Å². The zero-order chi connectivity index (χ0) is 16.8. The Morgan fingerprint density at radius 3 is 1.57 bits per heavy atom. The summed E-state index contributed by atoms with van der Waals surface area (Å²) >= 11 is 0. The van der Waals surface area contributed by atoms with Gasteiger partial charge in [-0.2, -0.15) is 0 Å². The van der Waals surface area contributed by atoms with Gasteiger partial charge in [0.1, 0.15) is 6.54 Å². The molecule has 132 valence electrons. The van der Waals surface area contributed by atoms with Crippen molar-refractivity contribution in [2.45, 2.75) is 111 Å². The molecule has 0 radical (unpaired) electrons. The van der Waals surface area contributed by atoms with Gasteiger partial charge in [-0.1, -0.05) is 65.7 Å². The Hall–Kier alpha value is -0.850. The summed E-state index contributed by atoms with van der Waals surface area (Å²) in [4.78, 5) is 0. The van der Waals surface area contributed by atoms with Crippen LogP contribution in [0.3, 0.4) is 0 Å². The van der Waals surface area contributed by atoms with Crippen LogP contribution in [-0.2, 0) is 19.4 Å². The molecule has 1 nitrogen and oxygen atoms in total. The first-order valence-electron chi connectivity index (χ1n) is 10.3. The maximum atomic E-state index is 2.48. The van der Waals surface area contributed by atoms with Gasteiger partial charge in [0.25, 0.3) is 0 Å². The van der Waals surface area contributed by atoms with Crippen molar-refractivity contribution in [2.75, 3.05) is 0 Å². The lowest BCUT2D eigenvalue weighted by Crippen LogP contribution is -2.34. The Morgan fingerprint density at radius 2 is 1.09 bits per heavy atom. The fourth-order valence-electron chi connectivity index (χ4n) is 3.23. The standard InChI is InChI=1S/C22H40N/c1-4-7-10-12-15-21-18-22(16-13-11-8-5-2)20-23(19-21)17-14-9-6-3/h18-20H,4-17H2,1-3H3/q+1. The molecule has 1 aromatic rings. The first kappa shape index (κ1) is 20.2. The van der Waals surface area contributed by atoms with Crippen LogP contribution in [0.4, 0.5) is 0 Å². The summed E-state index contributed by atoms with van der Waals surface area (Å²) in [6.45, 7) is 8.06. The van der Waals surface area contributed by atoms with E-state index in [1.165, 1.54) is 90.0 Å². The maximum Gasteiger partial charge on any atom is 0.171 e. The molecule has 0 aliphatic rings. The van der Waals surface area contributed by atoms with Crippen LogP contribution in [0, 0.1) is 0 Å². The molecule has 0 unspecified atom stereocenters. The van der Waals surface area contributed by atoms with E-state index in [1.807, 2.05) is 0 Å². The van der Waals surface area contributed by atoms with Crippen LogP contribution in [0.1, 0.15) is 103 Å². The van der Waals surface area contributed by atoms with Crippen molar-refractivity contribution in [3.8, 4) is 0 Å².